The molecule has 0 saturated heterocycles. The number of ether oxygens (including phenoxy) is 1. The number of azide groups is 1. The fraction of sp³-hybridized carbons (Fsp3) is 0.214. The number of carbonyl (C=O) groups excluding carboxylic acids is 1. The molecular weight excluding hydrogens is 298 g/mol. The van der Waals surface area contributed by atoms with Gasteiger partial charge in [-0.15, -0.1) is 0 Å². The summed E-state index contributed by atoms with van der Waals surface area (Å²) in [5.74, 6) is 0.283. The minimum absolute atomic E-state index is 0.246. The van der Waals surface area contributed by atoms with Gasteiger partial charge in [-0.05, 0) is 36.6 Å². The van der Waals surface area contributed by atoms with Gasteiger partial charge < -0.3 is 4.74 Å². The average molecular weight is 313 g/mol. The van der Waals surface area contributed by atoms with Crippen LogP contribution in [0.5, 0.6) is 0 Å². The molecule has 2 aromatic rings. The number of carbonyl (C=O) groups is 1. The van der Waals surface area contributed by atoms with E-state index in [4.69, 9.17) is 10.3 Å². The van der Waals surface area contributed by atoms with Gasteiger partial charge in [-0.1, -0.05) is 18.2 Å². The maximum absolute atomic E-state index is 11.2. The third-order valence-corrected chi connectivity index (χ3v) is 2.85. The summed E-state index contributed by atoms with van der Waals surface area (Å²) in [6, 6.07) is 9.24. The van der Waals surface area contributed by atoms with Crippen LogP contribution >= 0.6 is 0 Å². The van der Waals surface area contributed by atoms with Crippen LogP contribution in [0.15, 0.2) is 40.5 Å². The van der Waals surface area contributed by atoms with Crippen LogP contribution in [0.2, 0.25) is 0 Å². The molecule has 0 radical (unpaired) electrons. The normalized spacial score (nSPS) is 10.3. The number of rotatable bonds is 5. The molecule has 0 saturated carbocycles. The molecule has 0 aliphatic rings. The summed E-state index contributed by atoms with van der Waals surface area (Å²) < 4.78 is 6.21. The van der Waals surface area contributed by atoms with E-state index in [1.807, 2.05) is 30.3 Å². The van der Waals surface area contributed by atoms with Crippen molar-refractivity contribution >= 4 is 18.1 Å². The first kappa shape index (κ1) is 16.1. The van der Waals surface area contributed by atoms with E-state index in [0.717, 1.165) is 5.69 Å². The summed E-state index contributed by atoms with van der Waals surface area (Å²) in [5, 5.41) is 11.8. The monoisotopic (exact) mass is 313 g/mol. The van der Waals surface area contributed by atoms with E-state index in [2.05, 4.69) is 25.7 Å². The predicted molar refractivity (Wildman–Crippen MR) is 84.9 cm³/mol. The molecule has 0 spiro atoms. The maximum Gasteiger partial charge on any atom is 0.427 e. The van der Waals surface area contributed by atoms with Crippen LogP contribution in [0.25, 0.3) is 16.1 Å². The molecule has 0 aliphatic carbocycles. The van der Waals surface area contributed by atoms with Crippen LogP contribution in [-0.4, -0.2) is 28.7 Å². The first-order valence-electron chi connectivity index (χ1n) is 6.83. The van der Waals surface area contributed by atoms with E-state index in [1.165, 1.54) is 10.9 Å². The van der Waals surface area contributed by atoms with Crippen molar-refractivity contribution in [1.29, 1.82) is 0 Å². The Morgan fingerprint density at radius 3 is 2.87 bits per heavy atom. The number of hydrazone groups is 1. The van der Waals surface area contributed by atoms with Gasteiger partial charge in [-0.2, -0.15) is 10.2 Å². The third-order valence-electron chi connectivity index (χ3n) is 2.85. The van der Waals surface area contributed by atoms with Crippen LogP contribution in [0.3, 0.4) is 0 Å². The molecule has 9 nitrogen and oxygen atoms in total. The zero-order chi connectivity index (χ0) is 16.7. The zero-order valence-corrected chi connectivity index (χ0v) is 12.7. The lowest BCUT2D eigenvalue weighted by Crippen LogP contribution is -2.18. The van der Waals surface area contributed by atoms with Gasteiger partial charge in [0.05, 0.1) is 24.2 Å². The number of para-hydroxylation sites is 1. The van der Waals surface area contributed by atoms with Gasteiger partial charge in [-0.25, -0.2) is 14.9 Å². The van der Waals surface area contributed by atoms with Crippen LogP contribution in [0.1, 0.15) is 18.2 Å². The van der Waals surface area contributed by atoms with Crippen molar-refractivity contribution < 1.29 is 9.53 Å². The van der Waals surface area contributed by atoms with Crippen molar-refractivity contribution in [2.45, 2.75) is 13.8 Å². The molecule has 0 bridgehead atoms. The van der Waals surface area contributed by atoms with Crippen molar-refractivity contribution in [1.82, 2.24) is 15.2 Å². The smallest absolute Gasteiger partial charge is 0.427 e. The molecule has 1 amide bonds. The van der Waals surface area contributed by atoms with Crippen molar-refractivity contribution in [3.63, 3.8) is 0 Å². The Kier molecular flexibility index (Phi) is 5.32. The predicted octanol–water partition coefficient (Wildman–Crippen LogP) is 3.20. The van der Waals surface area contributed by atoms with Gasteiger partial charge in [-0.3, -0.25) is 0 Å². The SMILES string of the molecule is CCOC(=O)N/N=C/c1c(C)nn(-c2ccccc2)c1N=[N+]=[N-]. The Morgan fingerprint density at radius 2 is 2.22 bits per heavy atom. The van der Waals surface area contributed by atoms with E-state index in [0.29, 0.717) is 11.3 Å². The molecule has 0 fully saturated rings. The number of aryl methyl sites for hydroxylation is 1. The van der Waals surface area contributed by atoms with E-state index >= 15 is 0 Å². The second-order valence-electron chi connectivity index (χ2n) is 4.35. The number of hydrogen-bond acceptors (Lipinski definition) is 5. The first-order chi connectivity index (χ1) is 11.2. The molecule has 23 heavy (non-hydrogen) atoms. The number of aromatic nitrogens is 2. The van der Waals surface area contributed by atoms with Crippen LogP contribution in [-0.2, 0) is 4.74 Å². The fourth-order valence-electron chi connectivity index (χ4n) is 1.88. The lowest BCUT2D eigenvalue weighted by molar-refractivity contribution is 0.152. The highest BCUT2D eigenvalue weighted by molar-refractivity contribution is 5.88. The van der Waals surface area contributed by atoms with Crippen LogP contribution in [0.4, 0.5) is 10.6 Å². The molecule has 1 aromatic heterocycles. The molecule has 0 atom stereocenters. The quantitative estimate of drug-likeness (QED) is 0.300. The van der Waals surface area contributed by atoms with Crippen molar-refractivity contribution in [3.8, 4) is 5.69 Å². The van der Waals surface area contributed by atoms with Gasteiger partial charge in [0.25, 0.3) is 0 Å². The molecule has 1 heterocycles. The number of amides is 1. The molecule has 0 unspecified atom stereocenters. The zero-order valence-electron chi connectivity index (χ0n) is 12.7. The first-order valence-corrected chi connectivity index (χ1v) is 6.83. The summed E-state index contributed by atoms with van der Waals surface area (Å²) >= 11 is 0. The van der Waals surface area contributed by atoms with Gasteiger partial charge in [0, 0.05) is 10.5 Å². The standard InChI is InChI=1S/C14H15N7O2/c1-3-23-14(22)18-16-9-12-10(2)19-21(13(12)17-20-15)11-7-5-4-6-8-11/h4-9H,3H2,1-2H3,(H,18,22)/b16-9+. The van der Waals surface area contributed by atoms with E-state index in [1.54, 1.807) is 13.8 Å². The van der Waals surface area contributed by atoms with Gasteiger partial charge in [0.15, 0.2) is 0 Å². The summed E-state index contributed by atoms with van der Waals surface area (Å²) in [7, 11) is 0. The third kappa shape index (κ3) is 3.86. The van der Waals surface area contributed by atoms with Crippen LogP contribution in [0, 0.1) is 6.92 Å². The number of nitrogens with one attached hydrogen (secondary N) is 1. The van der Waals surface area contributed by atoms with E-state index in [9.17, 15) is 4.79 Å². The molecule has 1 N–H and O–H groups in total. The lowest BCUT2D eigenvalue weighted by Gasteiger charge is -2.03. The second kappa shape index (κ2) is 7.62. The minimum Gasteiger partial charge on any atom is -0.449 e. The Bertz CT molecular complexity index is 761. The minimum atomic E-state index is -0.665. The topological polar surface area (TPSA) is 117 Å². The van der Waals surface area contributed by atoms with Crippen molar-refractivity contribution in [3.05, 3.63) is 52.0 Å². The lowest BCUT2D eigenvalue weighted by atomic mass is 10.2. The second-order valence-corrected chi connectivity index (χ2v) is 4.35. The van der Waals surface area contributed by atoms with E-state index < -0.39 is 6.09 Å². The number of benzene rings is 1. The molecule has 0 aliphatic heterocycles. The van der Waals surface area contributed by atoms with Crippen molar-refractivity contribution in [2.75, 3.05) is 6.61 Å². The Hall–Kier alpha value is -3.32. The Balaban J connectivity index is 2.36. The maximum atomic E-state index is 11.2. The summed E-state index contributed by atoms with van der Waals surface area (Å²) in [4.78, 5) is 14.0. The fourth-order valence-corrected chi connectivity index (χ4v) is 1.88. The van der Waals surface area contributed by atoms with E-state index in [-0.39, 0.29) is 12.4 Å². The average Bonchev–Trinajstić information content (AvgIpc) is 2.86. The van der Waals surface area contributed by atoms with Crippen LogP contribution < -0.4 is 5.43 Å². The Morgan fingerprint density at radius 1 is 1.48 bits per heavy atom. The molecule has 118 valence electrons. The summed E-state index contributed by atoms with van der Waals surface area (Å²) in [6.45, 7) is 3.69. The summed E-state index contributed by atoms with van der Waals surface area (Å²) in [5.41, 5.74) is 12.9. The van der Waals surface area contributed by atoms with Gasteiger partial charge >= 0.3 is 6.09 Å². The largest absolute Gasteiger partial charge is 0.449 e. The number of nitrogens with zero attached hydrogens (tertiary/aromatic N) is 6. The molecule has 9 heteroatoms. The molecule has 1 aromatic carbocycles. The highest BCUT2D eigenvalue weighted by Crippen LogP contribution is 2.25. The summed E-state index contributed by atoms with van der Waals surface area (Å²) in [6.07, 6.45) is 0.699. The highest BCUT2D eigenvalue weighted by atomic mass is 16.5. The Labute approximate surface area is 132 Å². The molecule has 2 rings (SSSR count). The van der Waals surface area contributed by atoms with Gasteiger partial charge in [0.1, 0.15) is 5.82 Å². The van der Waals surface area contributed by atoms with Crippen molar-refractivity contribution in [2.24, 2.45) is 10.2 Å². The van der Waals surface area contributed by atoms with Gasteiger partial charge in [0.2, 0.25) is 0 Å². The highest BCUT2D eigenvalue weighted by Gasteiger charge is 2.13. The molecular formula is C14H15N7O2. The number of hydrogen-bond donors (Lipinski definition) is 1.